The summed E-state index contributed by atoms with van der Waals surface area (Å²) in [5.41, 5.74) is 3.13. The van der Waals surface area contributed by atoms with Gasteiger partial charge in [-0.25, -0.2) is 4.39 Å². The molecule has 1 N–H and O–H groups in total. The van der Waals surface area contributed by atoms with E-state index in [-0.39, 0.29) is 5.82 Å². The monoisotopic (exact) mass is 321 g/mol. The van der Waals surface area contributed by atoms with Gasteiger partial charge in [0.2, 0.25) is 0 Å². The summed E-state index contributed by atoms with van der Waals surface area (Å²) in [5.74, 6) is 0.0729. The molecule has 3 rings (SSSR count). The van der Waals surface area contributed by atoms with E-state index in [0.717, 1.165) is 17.7 Å². The number of hydrogen-bond donors (Lipinski definition) is 1. The van der Waals surface area contributed by atoms with Crippen molar-refractivity contribution in [1.82, 2.24) is 4.90 Å². The molecule has 0 atom stereocenters. The van der Waals surface area contributed by atoms with Crippen molar-refractivity contribution in [3.63, 3.8) is 0 Å². The lowest BCUT2D eigenvalue weighted by molar-refractivity contribution is 0.244. The second kappa shape index (κ2) is 7.75. The van der Waals surface area contributed by atoms with Gasteiger partial charge in [0.15, 0.2) is 0 Å². The van der Waals surface area contributed by atoms with Gasteiger partial charge in [-0.2, -0.15) is 0 Å². The van der Waals surface area contributed by atoms with Crippen LogP contribution in [-0.4, -0.2) is 10.0 Å². The third kappa shape index (κ3) is 4.43. The molecule has 3 aromatic carbocycles. The van der Waals surface area contributed by atoms with E-state index in [1.807, 2.05) is 36.4 Å². The summed E-state index contributed by atoms with van der Waals surface area (Å²) in [6.07, 6.45) is 0. The van der Waals surface area contributed by atoms with E-state index in [0.29, 0.717) is 18.8 Å². The molecule has 0 aliphatic heterocycles. The normalized spacial score (nSPS) is 10.9. The highest BCUT2D eigenvalue weighted by Crippen LogP contribution is 2.20. The van der Waals surface area contributed by atoms with Gasteiger partial charge in [0.25, 0.3) is 0 Å². The lowest BCUT2D eigenvalue weighted by Crippen LogP contribution is -2.22. The number of aromatic hydroxyl groups is 1. The summed E-state index contributed by atoms with van der Waals surface area (Å²) in [7, 11) is 0. The minimum atomic E-state index is -0.228. The van der Waals surface area contributed by atoms with Crippen molar-refractivity contribution in [2.75, 3.05) is 0 Å². The van der Waals surface area contributed by atoms with Crippen molar-refractivity contribution in [1.29, 1.82) is 0 Å². The lowest BCUT2D eigenvalue weighted by Gasteiger charge is -2.23. The largest absolute Gasteiger partial charge is 0.508 e. The van der Waals surface area contributed by atoms with Crippen LogP contribution in [0.1, 0.15) is 16.7 Å². The van der Waals surface area contributed by atoms with Crippen molar-refractivity contribution in [3.8, 4) is 5.75 Å². The maximum atomic E-state index is 13.1. The van der Waals surface area contributed by atoms with Crippen LogP contribution in [0.4, 0.5) is 4.39 Å². The smallest absolute Gasteiger partial charge is 0.123 e. The Labute approximate surface area is 141 Å². The molecule has 3 heteroatoms. The van der Waals surface area contributed by atoms with Crippen LogP contribution in [0.2, 0.25) is 0 Å². The quantitative estimate of drug-likeness (QED) is 0.709. The number of nitrogens with zero attached hydrogens (tertiary/aromatic N) is 1. The first-order valence-corrected chi connectivity index (χ1v) is 7.98. The van der Waals surface area contributed by atoms with Gasteiger partial charge in [-0.05, 0) is 29.3 Å². The van der Waals surface area contributed by atoms with Crippen molar-refractivity contribution in [2.45, 2.75) is 19.6 Å². The Hall–Kier alpha value is -2.65. The fraction of sp³-hybridized carbons (Fsp3) is 0.143. The van der Waals surface area contributed by atoms with Crippen LogP contribution in [0.5, 0.6) is 5.75 Å². The Kier molecular flexibility index (Phi) is 5.24. The molecule has 122 valence electrons. The van der Waals surface area contributed by atoms with Gasteiger partial charge in [-0.15, -0.1) is 0 Å². The van der Waals surface area contributed by atoms with Gasteiger partial charge in [0.1, 0.15) is 11.6 Å². The van der Waals surface area contributed by atoms with Gasteiger partial charge in [-0.1, -0.05) is 60.7 Å². The second-order valence-corrected chi connectivity index (χ2v) is 5.89. The summed E-state index contributed by atoms with van der Waals surface area (Å²) in [6, 6.07) is 24.2. The van der Waals surface area contributed by atoms with Crippen LogP contribution < -0.4 is 0 Å². The predicted molar refractivity (Wildman–Crippen MR) is 93.9 cm³/mol. The van der Waals surface area contributed by atoms with Gasteiger partial charge in [-0.3, -0.25) is 4.90 Å². The molecule has 0 radical (unpaired) electrons. The van der Waals surface area contributed by atoms with E-state index < -0.39 is 0 Å². The first kappa shape index (κ1) is 16.2. The molecule has 0 aliphatic carbocycles. The highest BCUT2D eigenvalue weighted by Gasteiger charge is 2.11. The zero-order chi connectivity index (χ0) is 16.8. The van der Waals surface area contributed by atoms with E-state index in [2.05, 4.69) is 17.0 Å². The Morgan fingerprint density at radius 2 is 1.25 bits per heavy atom. The fourth-order valence-electron chi connectivity index (χ4n) is 2.74. The fourth-order valence-corrected chi connectivity index (χ4v) is 2.74. The van der Waals surface area contributed by atoms with Crippen LogP contribution in [0.25, 0.3) is 0 Å². The molecule has 0 spiro atoms. The maximum absolute atomic E-state index is 13.1. The van der Waals surface area contributed by atoms with E-state index >= 15 is 0 Å². The average Bonchev–Trinajstić information content (AvgIpc) is 2.60. The third-order valence-electron chi connectivity index (χ3n) is 3.95. The number of hydrogen-bond acceptors (Lipinski definition) is 2. The molecule has 24 heavy (non-hydrogen) atoms. The van der Waals surface area contributed by atoms with Crippen molar-refractivity contribution >= 4 is 0 Å². The minimum absolute atomic E-state index is 0.228. The number of phenolic OH excluding ortho intramolecular Hbond substituents is 1. The molecule has 0 saturated carbocycles. The standard InChI is InChI=1S/C21H20FNO/c22-20-12-10-18(11-13-20)15-23(14-17-6-2-1-3-7-17)16-19-8-4-5-9-21(19)24/h1-13,24H,14-16H2. The van der Waals surface area contributed by atoms with Crippen molar-refractivity contribution < 1.29 is 9.50 Å². The van der Waals surface area contributed by atoms with E-state index in [9.17, 15) is 9.50 Å². The maximum Gasteiger partial charge on any atom is 0.123 e. The number of phenols is 1. The molecule has 2 nitrogen and oxygen atoms in total. The minimum Gasteiger partial charge on any atom is -0.508 e. The highest BCUT2D eigenvalue weighted by atomic mass is 19.1. The predicted octanol–water partition coefficient (Wildman–Crippen LogP) is 4.73. The SMILES string of the molecule is Oc1ccccc1CN(Cc1ccccc1)Cc1ccc(F)cc1. The summed E-state index contributed by atoms with van der Waals surface area (Å²) >= 11 is 0. The molecule has 0 saturated heterocycles. The summed E-state index contributed by atoms with van der Waals surface area (Å²) in [6.45, 7) is 2.06. The number of rotatable bonds is 6. The second-order valence-electron chi connectivity index (χ2n) is 5.89. The zero-order valence-electron chi connectivity index (χ0n) is 13.4. The van der Waals surface area contributed by atoms with E-state index in [1.54, 1.807) is 18.2 Å². The van der Waals surface area contributed by atoms with E-state index in [1.165, 1.54) is 17.7 Å². The number of para-hydroxylation sites is 1. The molecular formula is C21H20FNO. The Balaban J connectivity index is 1.80. The molecule has 0 fully saturated rings. The average molecular weight is 321 g/mol. The number of halogens is 1. The molecule has 3 aromatic rings. The Bertz CT molecular complexity index is 771. The third-order valence-corrected chi connectivity index (χ3v) is 3.95. The Morgan fingerprint density at radius 1 is 0.667 bits per heavy atom. The molecule has 0 amide bonds. The van der Waals surface area contributed by atoms with Crippen LogP contribution in [0.3, 0.4) is 0 Å². The van der Waals surface area contributed by atoms with Gasteiger partial charge in [0.05, 0.1) is 0 Å². The zero-order valence-corrected chi connectivity index (χ0v) is 13.4. The first-order chi connectivity index (χ1) is 11.7. The van der Waals surface area contributed by atoms with Crippen LogP contribution in [0.15, 0.2) is 78.9 Å². The summed E-state index contributed by atoms with van der Waals surface area (Å²) in [5, 5.41) is 10.1. The topological polar surface area (TPSA) is 23.5 Å². The molecular weight excluding hydrogens is 301 g/mol. The highest BCUT2D eigenvalue weighted by molar-refractivity contribution is 5.32. The number of benzene rings is 3. The van der Waals surface area contributed by atoms with Crippen LogP contribution in [0, 0.1) is 5.82 Å². The van der Waals surface area contributed by atoms with Gasteiger partial charge in [0, 0.05) is 25.2 Å². The summed E-state index contributed by atoms with van der Waals surface area (Å²) in [4.78, 5) is 2.23. The van der Waals surface area contributed by atoms with Crippen LogP contribution in [-0.2, 0) is 19.6 Å². The van der Waals surface area contributed by atoms with Crippen molar-refractivity contribution in [2.24, 2.45) is 0 Å². The van der Waals surface area contributed by atoms with Gasteiger partial charge < -0.3 is 5.11 Å². The summed E-state index contributed by atoms with van der Waals surface area (Å²) < 4.78 is 13.1. The molecule has 0 aliphatic rings. The Morgan fingerprint density at radius 3 is 1.92 bits per heavy atom. The molecule has 0 heterocycles. The molecule has 0 aromatic heterocycles. The first-order valence-electron chi connectivity index (χ1n) is 7.98. The van der Waals surface area contributed by atoms with Crippen LogP contribution >= 0.6 is 0 Å². The lowest BCUT2D eigenvalue weighted by atomic mass is 10.1. The van der Waals surface area contributed by atoms with Crippen molar-refractivity contribution in [3.05, 3.63) is 101 Å². The molecule has 0 unspecified atom stereocenters. The molecule has 0 bridgehead atoms. The van der Waals surface area contributed by atoms with Gasteiger partial charge >= 0.3 is 0 Å². The van der Waals surface area contributed by atoms with E-state index in [4.69, 9.17) is 0 Å².